The molecule has 5 heteroatoms. The molecule has 0 aliphatic heterocycles. The van der Waals surface area contributed by atoms with E-state index in [2.05, 4.69) is 54.7 Å². The summed E-state index contributed by atoms with van der Waals surface area (Å²) in [5.74, 6) is 0.794. The molecule has 0 radical (unpaired) electrons. The van der Waals surface area contributed by atoms with E-state index < -0.39 is 6.10 Å². The molecule has 112 valence electrons. The second-order valence-electron chi connectivity index (χ2n) is 4.61. The van der Waals surface area contributed by atoms with E-state index in [1.165, 1.54) is 0 Å². The second kappa shape index (κ2) is 7.77. The largest absolute Gasteiger partial charge is 0.492 e. The zero-order valence-corrected chi connectivity index (χ0v) is 16.2. The lowest BCUT2D eigenvalue weighted by molar-refractivity contribution is 0.219. The molecule has 2 aromatic carbocycles. The highest BCUT2D eigenvalue weighted by Gasteiger charge is 2.15. The maximum Gasteiger partial charge on any atom is 0.133 e. The first kappa shape index (κ1) is 17.0. The Kier molecular flexibility index (Phi) is 6.29. The Morgan fingerprint density at radius 3 is 2.43 bits per heavy atom. The van der Waals surface area contributed by atoms with Crippen molar-refractivity contribution >= 4 is 47.8 Å². The molecule has 1 N–H and O–H groups in total. The molecular weight excluding hydrogens is 464 g/mol. The fourth-order valence-electron chi connectivity index (χ4n) is 1.92. The molecule has 1 atom stereocenters. The molecule has 0 bridgehead atoms. The van der Waals surface area contributed by atoms with E-state index in [0.29, 0.717) is 6.61 Å². The van der Waals surface area contributed by atoms with Crippen LogP contribution in [-0.4, -0.2) is 11.7 Å². The van der Waals surface area contributed by atoms with E-state index in [1.54, 1.807) is 0 Å². The summed E-state index contributed by atoms with van der Waals surface area (Å²) in [6.07, 6.45) is 0.270. The van der Waals surface area contributed by atoms with Gasteiger partial charge in [-0.05, 0) is 57.7 Å². The average molecular weight is 479 g/mol. The van der Waals surface area contributed by atoms with Gasteiger partial charge in [-0.25, -0.2) is 0 Å². The molecule has 0 aromatic heterocycles. The van der Waals surface area contributed by atoms with Crippen molar-refractivity contribution in [2.75, 3.05) is 6.61 Å². The van der Waals surface area contributed by atoms with Crippen LogP contribution in [0.4, 0.5) is 0 Å². The monoisotopic (exact) mass is 476 g/mol. The third kappa shape index (κ3) is 4.31. The van der Waals surface area contributed by atoms with Gasteiger partial charge in [0.15, 0.2) is 0 Å². The minimum absolute atomic E-state index is 0.679. The molecule has 0 aliphatic rings. The third-order valence-corrected chi connectivity index (χ3v) is 4.79. The molecule has 2 rings (SSSR count). The fourth-order valence-corrected chi connectivity index (χ4v) is 3.69. The van der Waals surface area contributed by atoms with Crippen molar-refractivity contribution < 1.29 is 9.84 Å². The second-order valence-corrected chi connectivity index (χ2v) is 7.23. The molecule has 2 aromatic rings. The van der Waals surface area contributed by atoms with Gasteiger partial charge in [0.1, 0.15) is 11.9 Å². The lowest BCUT2D eigenvalue weighted by atomic mass is 10.0. The summed E-state index contributed by atoms with van der Waals surface area (Å²) < 4.78 is 8.30. The number of hydrogen-bond donors (Lipinski definition) is 1. The number of halogens is 3. The number of benzene rings is 2. The predicted octanol–water partition coefficient (Wildman–Crippen LogP) is 5.84. The van der Waals surface area contributed by atoms with Crippen molar-refractivity contribution in [2.24, 2.45) is 0 Å². The Morgan fingerprint density at radius 2 is 1.81 bits per heavy atom. The number of aliphatic hydroxyl groups is 1. The van der Waals surface area contributed by atoms with E-state index in [-0.39, 0.29) is 0 Å². The van der Waals surface area contributed by atoms with Gasteiger partial charge in [0.2, 0.25) is 0 Å². The van der Waals surface area contributed by atoms with Crippen LogP contribution >= 0.6 is 47.8 Å². The molecule has 0 saturated carbocycles. The summed E-state index contributed by atoms with van der Waals surface area (Å²) in [5, 5.41) is 10.5. The van der Waals surface area contributed by atoms with Crippen LogP contribution in [0, 0.1) is 0 Å². The van der Waals surface area contributed by atoms with E-state index in [0.717, 1.165) is 36.7 Å². The van der Waals surface area contributed by atoms with Gasteiger partial charge >= 0.3 is 0 Å². The van der Waals surface area contributed by atoms with Crippen LogP contribution < -0.4 is 4.74 Å². The van der Waals surface area contributed by atoms with Crippen molar-refractivity contribution in [3.63, 3.8) is 0 Å². The van der Waals surface area contributed by atoms with Crippen molar-refractivity contribution in [3.8, 4) is 5.75 Å². The summed E-state index contributed by atoms with van der Waals surface area (Å²) in [7, 11) is 0. The average Bonchev–Trinajstić information content (AvgIpc) is 2.45. The predicted molar refractivity (Wildman–Crippen MR) is 95.8 cm³/mol. The topological polar surface area (TPSA) is 29.5 Å². The highest BCUT2D eigenvalue weighted by atomic mass is 79.9. The quantitative estimate of drug-likeness (QED) is 0.584. The van der Waals surface area contributed by atoms with Gasteiger partial charge in [-0.2, -0.15) is 0 Å². The molecule has 2 nitrogen and oxygen atoms in total. The molecule has 1 unspecified atom stereocenters. The minimum Gasteiger partial charge on any atom is -0.492 e. The van der Waals surface area contributed by atoms with Crippen LogP contribution in [0.2, 0.25) is 0 Å². The summed E-state index contributed by atoms with van der Waals surface area (Å²) in [5.41, 5.74) is 1.64. The van der Waals surface area contributed by atoms with Gasteiger partial charge in [-0.15, -0.1) is 0 Å². The summed E-state index contributed by atoms with van der Waals surface area (Å²) in [6, 6.07) is 11.4. The normalized spacial score (nSPS) is 12.2. The molecular formula is C16H15Br3O2. The standard InChI is InChI=1S/C16H15Br3O2/c1-2-7-21-15-6-3-10(8-14(15)19)16(20)12-5-4-11(17)9-13(12)18/h3-6,8-9,16,20H,2,7H2,1H3. The molecule has 0 saturated heterocycles. The smallest absolute Gasteiger partial charge is 0.133 e. The first-order valence-corrected chi connectivity index (χ1v) is 8.96. The van der Waals surface area contributed by atoms with Gasteiger partial charge in [0, 0.05) is 8.95 Å². The number of aliphatic hydroxyl groups excluding tert-OH is 1. The highest BCUT2D eigenvalue weighted by molar-refractivity contribution is 9.11. The van der Waals surface area contributed by atoms with Crippen LogP contribution in [0.3, 0.4) is 0 Å². The first-order chi connectivity index (χ1) is 10.0. The Hall–Kier alpha value is -0.360. The zero-order valence-electron chi connectivity index (χ0n) is 11.4. The maximum absolute atomic E-state index is 10.5. The first-order valence-electron chi connectivity index (χ1n) is 6.58. The number of ether oxygens (including phenoxy) is 1. The Bertz CT molecular complexity index is 629. The molecule has 0 spiro atoms. The zero-order chi connectivity index (χ0) is 15.4. The number of rotatable bonds is 5. The van der Waals surface area contributed by atoms with E-state index >= 15 is 0 Å². The fraction of sp³-hybridized carbons (Fsp3) is 0.250. The van der Waals surface area contributed by atoms with Gasteiger partial charge in [0.25, 0.3) is 0 Å². The summed E-state index contributed by atoms with van der Waals surface area (Å²) in [6.45, 7) is 2.75. The lowest BCUT2D eigenvalue weighted by Crippen LogP contribution is -2.02. The summed E-state index contributed by atoms with van der Waals surface area (Å²) in [4.78, 5) is 0. The van der Waals surface area contributed by atoms with Gasteiger partial charge in [-0.3, -0.25) is 0 Å². The maximum atomic E-state index is 10.5. The van der Waals surface area contributed by atoms with E-state index in [1.807, 2.05) is 36.4 Å². The molecule has 0 amide bonds. The number of hydrogen-bond acceptors (Lipinski definition) is 2. The van der Waals surface area contributed by atoms with Crippen LogP contribution in [0.5, 0.6) is 5.75 Å². The van der Waals surface area contributed by atoms with Crippen molar-refractivity contribution in [1.29, 1.82) is 0 Å². The SMILES string of the molecule is CCCOc1ccc(C(O)c2ccc(Br)cc2Br)cc1Br. The molecule has 21 heavy (non-hydrogen) atoms. The van der Waals surface area contributed by atoms with E-state index in [4.69, 9.17) is 4.74 Å². The van der Waals surface area contributed by atoms with Crippen LogP contribution in [0.15, 0.2) is 49.8 Å². The van der Waals surface area contributed by atoms with Crippen LogP contribution in [0.25, 0.3) is 0 Å². The van der Waals surface area contributed by atoms with Gasteiger partial charge in [-0.1, -0.05) is 50.9 Å². The molecule has 0 fully saturated rings. The van der Waals surface area contributed by atoms with Gasteiger partial charge in [0.05, 0.1) is 11.1 Å². The molecule has 0 heterocycles. The van der Waals surface area contributed by atoms with Gasteiger partial charge < -0.3 is 9.84 Å². The highest BCUT2D eigenvalue weighted by Crippen LogP contribution is 2.34. The summed E-state index contributed by atoms with van der Waals surface area (Å²) >= 11 is 10.4. The van der Waals surface area contributed by atoms with Crippen LogP contribution in [0.1, 0.15) is 30.6 Å². The van der Waals surface area contributed by atoms with E-state index in [9.17, 15) is 5.11 Å². The lowest BCUT2D eigenvalue weighted by Gasteiger charge is -2.15. The van der Waals surface area contributed by atoms with Crippen molar-refractivity contribution in [3.05, 3.63) is 60.9 Å². The minimum atomic E-state index is -0.691. The third-order valence-electron chi connectivity index (χ3n) is 2.99. The van der Waals surface area contributed by atoms with Crippen molar-refractivity contribution in [2.45, 2.75) is 19.4 Å². The van der Waals surface area contributed by atoms with Crippen LogP contribution in [-0.2, 0) is 0 Å². The Balaban J connectivity index is 2.27. The van der Waals surface area contributed by atoms with Crippen molar-refractivity contribution in [1.82, 2.24) is 0 Å². The molecule has 0 aliphatic carbocycles. The Morgan fingerprint density at radius 1 is 1.05 bits per heavy atom. The Labute approximate surface area is 149 Å².